The average molecular weight is 1580 g/mol. The molecule has 9 aromatic heterocycles. The van der Waals surface area contributed by atoms with Crippen molar-refractivity contribution in [2.45, 2.75) is 204 Å². The van der Waals surface area contributed by atoms with Crippen LogP contribution in [0.3, 0.4) is 0 Å². The van der Waals surface area contributed by atoms with E-state index in [1.807, 2.05) is 129 Å². The number of nitrogens with zero attached hydrogens (tertiary/aromatic N) is 12. The smallest absolute Gasteiger partial charge is 0.399 e. The van der Waals surface area contributed by atoms with Crippen molar-refractivity contribution in [3.8, 4) is 22.5 Å². The Morgan fingerprint density at radius 1 is 0.456 bits per heavy atom. The summed E-state index contributed by atoms with van der Waals surface area (Å²) in [6, 6.07) is 16.7. The van der Waals surface area contributed by atoms with Crippen LogP contribution >= 0.6 is 11.6 Å². The molecule has 6 atom stereocenters. The van der Waals surface area contributed by atoms with Gasteiger partial charge in [0.15, 0.2) is 0 Å². The lowest BCUT2D eigenvalue weighted by molar-refractivity contribution is -0.0261. The number of hydrogen-bond donors (Lipinski definition) is 6. The summed E-state index contributed by atoms with van der Waals surface area (Å²) in [4.78, 5) is 66.3. The summed E-state index contributed by atoms with van der Waals surface area (Å²) in [5.74, 6) is -0.712. The Labute approximate surface area is 671 Å². The molecule has 27 nitrogen and oxygen atoms in total. The first kappa shape index (κ1) is 82.9. The van der Waals surface area contributed by atoms with Crippen LogP contribution in [-0.4, -0.2) is 200 Å². The quantitative estimate of drug-likeness (QED) is 0.0414. The fourth-order valence-corrected chi connectivity index (χ4v) is 15.4. The number of ether oxygens (including phenoxy) is 4. The van der Waals surface area contributed by atoms with Gasteiger partial charge in [-0.2, -0.15) is 15.3 Å². The molecule has 3 aliphatic carbocycles. The van der Waals surface area contributed by atoms with E-state index in [0.717, 1.165) is 169 Å². The van der Waals surface area contributed by atoms with Gasteiger partial charge < -0.3 is 59.5 Å². The molecule has 29 heteroatoms. The van der Waals surface area contributed by atoms with Gasteiger partial charge in [0.25, 0.3) is 17.7 Å². The molecule has 0 radical (unpaired) electrons. The Morgan fingerprint density at radius 2 is 0.816 bits per heavy atom. The lowest BCUT2D eigenvalue weighted by atomic mass is 9.82. The average Bonchev–Trinajstić information content (AvgIpc) is 1.59. The number of aryl methyl sites for hydroxylation is 6. The molecule has 0 bridgehead atoms. The van der Waals surface area contributed by atoms with Crippen LogP contribution < -0.4 is 21.4 Å². The van der Waals surface area contributed by atoms with Gasteiger partial charge in [-0.25, -0.2) is 19.9 Å². The summed E-state index contributed by atoms with van der Waals surface area (Å²) in [5, 5.41) is 52.2. The molecule has 9 aromatic rings. The number of fused-ring (bicyclic) bond motifs is 3. The summed E-state index contributed by atoms with van der Waals surface area (Å²) < 4.78 is 37.8. The maximum atomic E-state index is 13.0. The molecule has 114 heavy (non-hydrogen) atoms. The van der Waals surface area contributed by atoms with Crippen LogP contribution in [0.15, 0.2) is 110 Å². The van der Waals surface area contributed by atoms with Crippen molar-refractivity contribution in [1.29, 1.82) is 0 Å². The van der Waals surface area contributed by atoms with E-state index in [1.165, 1.54) is 29.5 Å². The minimum Gasteiger partial charge on any atom is -0.399 e. The third kappa shape index (κ3) is 21.7. The van der Waals surface area contributed by atoms with Crippen LogP contribution in [0.25, 0.3) is 22.5 Å². The highest BCUT2D eigenvalue weighted by atomic mass is 35.5. The van der Waals surface area contributed by atoms with Gasteiger partial charge in [-0.1, -0.05) is 29.8 Å². The Kier molecular flexibility index (Phi) is 28.1. The number of amides is 3. The maximum Gasteiger partial charge on any atom is 0.498 e. The predicted molar refractivity (Wildman–Crippen MR) is 430 cm³/mol. The Balaban J connectivity index is 0.000000133. The summed E-state index contributed by atoms with van der Waals surface area (Å²) in [7, 11) is 5.36. The lowest BCUT2D eigenvalue weighted by Crippen LogP contribution is -2.48. The van der Waals surface area contributed by atoms with Crippen molar-refractivity contribution < 1.29 is 58.0 Å². The fourth-order valence-electron chi connectivity index (χ4n) is 15.3. The normalized spacial score (nSPS) is 21.2. The standard InChI is InChI=1S/2C25H29N5O3.C21H24ClN3O3.C10H17BN2O2.C4H8O/c2*1-30-14-18(13-27-30)20-7-6-16(12-26-20)10-17-11-23(28-21-5-3-2-4-19(17)21)25(32)29-22-8-9-33-15-24(22)31;22-20-6-5-13(11-23-20)9-14-10-18(24-16-4-2-1-3-15(14)16)21(27)25-17-7-8-28-12-19(17)26;1-9(2)10(3,4)15-11(14-9)8-6-12-13(5)7-8;1-2-4-5-3-1/h2*6-7,11-14,22,24,31H,2-5,8-10,15H2,1H3,(H,29,32);5-6,10-11,17,19,26H,1-4,7-9,12H2,(H,25,27);6-7H,1-5H3;1-4H2/t2*22-,24-;17-,19-;;/m000../s1. The van der Waals surface area contributed by atoms with Gasteiger partial charge in [0.05, 0.1) is 91.2 Å². The molecular weight excluding hydrogens is 1470 g/mol. The molecule has 0 unspecified atom stereocenters. The van der Waals surface area contributed by atoms with Crippen LogP contribution in [0.1, 0.15) is 197 Å². The molecule has 604 valence electrons. The van der Waals surface area contributed by atoms with Crippen LogP contribution in [-0.2, 0) is 107 Å². The van der Waals surface area contributed by atoms with E-state index in [-0.39, 0.29) is 74.0 Å². The van der Waals surface area contributed by atoms with E-state index < -0.39 is 18.3 Å². The highest BCUT2D eigenvalue weighted by molar-refractivity contribution is 6.62. The monoisotopic (exact) mass is 1580 g/mol. The van der Waals surface area contributed by atoms with Gasteiger partial charge in [0, 0.05) is 131 Å². The van der Waals surface area contributed by atoms with Crippen LogP contribution in [0.2, 0.25) is 5.15 Å². The van der Waals surface area contributed by atoms with E-state index in [2.05, 4.69) is 63.3 Å². The number of carbonyl (C=O) groups excluding carboxylic acids is 3. The van der Waals surface area contributed by atoms with Crippen LogP contribution in [0.4, 0.5) is 0 Å². The van der Waals surface area contributed by atoms with Crippen LogP contribution in [0, 0.1) is 0 Å². The van der Waals surface area contributed by atoms with Crippen molar-refractivity contribution in [3.63, 3.8) is 0 Å². The molecule has 0 saturated carbocycles. The molecule has 17 rings (SSSR count). The van der Waals surface area contributed by atoms with E-state index in [1.54, 1.807) is 32.5 Å². The number of hydrogen-bond acceptors (Lipinski definition) is 21. The molecule has 14 heterocycles. The first-order chi connectivity index (χ1) is 55.0. The molecule has 6 N–H and O–H groups in total. The van der Waals surface area contributed by atoms with Gasteiger partial charge in [0.2, 0.25) is 0 Å². The topological polar surface area (TPSA) is 334 Å². The number of carbonyl (C=O) groups is 3. The van der Waals surface area contributed by atoms with Gasteiger partial charge >= 0.3 is 7.12 Å². The fraction of sp³-hybridized carbons (Fsp3) is 0.506. The second-order valence-corrected chi connectivity index (χ2v) is 32.1. The molecule has 5 saturated heterocycles. The lowest BCUT2D eigenvalue weighted by Gasteiger charge is -2.32. The molecule has 5 fully saturated rings. The van der Waals surface area contributed by atoms with Crippen LogP contribution in [0.5, 0.6) is 0 Å². The highest BCUT2D eigenvalue weighted by Gasteiger charge is 2.52. The Hall–Kier alpha value is -9.07. The summed E-state index contributed by atoms with van der Waals surface area (Å²) in [6.07, 6.45) is 33.5. The predicted octanol–water partition coefficient (Wildman–Crippen LogP) is 8.45. The molecular formula is C85H107BClN15O12. The molecule has 5 aliphatic heterocycles. The second kappa shape index (κ2) is 38.6. The third-order valence-corrected chi connectivity index (χ3v) is 22.7. The summed E-state index contributed by atoms with van der Waals surface area (Å²) >= 11 is 5.90. The zero-order chi connectivity index (χ0) is 79.9. The van der Waals surface area contributed by atoms with E-state index in [4.69, 9.17) is 49.8 Å². The largest absolute Gasteiger partial charge is 0.498 e. The van der Waals surface area contributed by atoms with Crippen molar-refractivity contribution in [2.75, 3.05) is 52.9 Å². The number of aromatic nitrogens is 12. The van der Waals surface area contributed by atoms with Gasteiger partial charge in [-0.15, -0.1) is 0 Å². The number of aliphatic hydroxyl groups is 3. The van der Waals surface area contributed by atoms with Crippen molar-refractivity contribution >= 4 is 41.9 Å². The number of aliphatic hydroxyl groups excluding tert-OH is 3. The molecule has 0 spiro atoms. The number of nitrogens with one attached hydrogen (secondary N) is 3. The Morgan fingerprint density at radius 3 is 1.12 bits per heavy atom. The minimum atomic E-state index is -0.691. The van der Waals surface area contributed by atoms with E-state index >= 15 is 0 Å². The van der Waals surface area contributed by atoms with Gasteiger partial charge in [-0.3, -0.25) is 38.4 Å². The van der Waals surface area contributed by atoms with Crippen molar-refractivity contribution in [3.05, 3.63) is 200 Å². The number of rotatable bonds is 15. The number of halogens is 1. The number of pyridine rings is 6. The minimum absolute atomic E-state index is 0.236. The van der Waals surface area contributed by atoms with Gasteiger partial charge in [-0.05, 0) is 243 Å². The third-order valence-electron chi connectivity index (χ3n) is 22.5. The summed E-state index contributed by atoms with van der Waals surface area (Å²) in [6.45, 7) is 12.5. The Bertz CT molecular complexity index is 4520. The summed E-state index contributed by atoms with van der Waals surface area (Å²) in [5.41, 5.74) is 18.9. The SMILES string of the molecule is C1CCOC1.Cn1cc(-c2ccc(Cc3cc(C(=O)N[C@H]4CCOC[C@@H]4O)nc4c3CCCC4)cn2)cn1.Cn1cc(-c2ccc(Cc3cc(C(=O)N[C@H]4CCOC[C@@H]4O)nc4c3CCCC4)cn2)cn1.Cn1cc(B2OC(C)(C)C(C)(C)O2)cn1.O=C(N[C@H]1CCOC[C@@H]1O)c1cc(Cc2ccc(Cl)nc2)c2c(n1)CCCC2. The molecule has 0 aromatic carbocycles. The second-order valence-electron chi connectivity index (χ2n) is 31.7. The zero-order valence-electron chi connectivity index (χ0n) is 66.5. The van der Waals surface area contributed by atoms with E-state index in [0.29, 0.717) is 80.6 Å². The first-order valence-corrected chi connectivity index (χ1v) is 40.6. The first-order valence-electron chi connectivity index (χ1n) is 40.2. The maximum absolute atomic E-state index is 13.0. The van der Waals surface area contributed by atoms with E-state index in [9.17, 15) is 29.7 Å². The zero-order valence-corrected chi connectivity index (χ0v) is 67.2. The molecule has 8 aliphatic rings. The van der Waals surface area contributed by atoms with Gasteiger partial charge in [0.1, 0.15) is 22.2 Å². The van der Waals surface area contributed by atoms with Crippen molar-refractivity contribution in [2.24, 2.45) is 21.1 Å². The van der Waals surface area contributed by atoms with Crippen molar-refractivity contribution in [1.82, 2.24) is 75.2 Å². The molecule has 3 amide bonds. The highest BCUT2D eigenvalue weighted by Crippen LogP contribution is 2.37.